The first kappa shape index (κ1) is 19.4. The van der Waals surface area contributed by atoms with Gasteiger partial charge in [0.25, 0.3) is 5.91 Å². The van der Waals surface area contributed by atoms with Gasteiger partial charge in [0.05, 0.1) is 17.5 Å². The molecule has 2 saturated heterocycles. The number of hydrogen-bond acceptors (Lipinski definition) is 4. The number of rotatable bonds is 5. The summed E-state index contributed by atoms with van der Waals surface area (Å²) in [5.74, 6) is -0.360. The quantitative estimate of drug-likeness (QED) is 0.762. The number of carbonyl (C=O) groups is 1. The van der Waals surface area contributed by atoms with Gasteiger partial charge in [-0.3, -0.25) is 4.79 Å². The Morgan fingerprint density at radius 3 is 2.69 bits per heavy atom. The molecule has 5 nitrogen and oxygen atoms in total. The van der Waals surface area contributed by atoms with Crippen LogP contribution < -0.4 is 0 Å². The zero-order valence-corrected chi connectivity index (χ0v) is 16.5. The molecule has 1 aromatic rings. The lowest BCUT2D eigenvalue weighted by molar-refractivity contribution is -0.121. The zero-order chi connectivity index (χ0) is 18.9. The molecule has 0 aromatic heterocycles. The molecule has 0 saturated carbocycles. The highest BCUT2D eigenvalue weighted by Crippen LogP contribution is 2.38. The molecule has 26 heavy (non-hydrogen) atoms. The highest BCUT2D eigenvalue weighted by molar-refractivity contribution is 8.15. The largest absolute Gasteiger partial charge is 0.346 e. The van der Waals surface area contributed by atoms with Gasteiger partial charge in [-0.2, -0.15) is 4.99 Å². The summed E-state index contributed by atoms with van der Waals surface area (Å²) in [4.78, 5) is 18.5. The number of amides is 1. The van der Waals surface area contributed by atoms with Crippen LogP contribution in [0.15, 0.2) is 29.3 Å². The molecular weight excluding hydrogens is 375 g/mol. The maximum atomic E-state index is 13.1. The average molecular weight is 399 g/mol. The number of aliphatic imine (C=N–C) groups is 1. The Bertz CT molecular complexity index is 808. The fourth-order valence-corrected chi connectivity index (χ4v) is 7.16. The number of thioether (sulfide) groups is 1. The predicted octanol–water partition coefficient (Wildman–Crippen LogP) is 2.51. The highest BCUT2D eigenvalue weighted by atomic mass is 32.2. The number of nitrogens with zero attached hydrogens (tertiary/aromatic N) is 2. The molecule has 2 fully saturated rings. The molecular formula is C18H23FN2O3S2. The molecule has 3 rings (SSSR count). The number of fused-ring (bicyclic) bond motifs is 1. The summed E-state index contributed by atoms with van der Waals surface area (Å²) in [6.07, 6.45) is 1.36. The number of sulfone groups is 1. The number of halogens is 1. The van der Waals surface area contributed by atoms with Gasteiger partial charge in [0.15, 0.2) is 15.0 Å². The topological polar surface area (TPSA) is 66.8 Å². The van der Waals surface area contributed by atoms with Crippen molar-refractivity contribution in [2.24, 2.45) is 10.9 Å². The first-order valence-corrected chi connectivity index (χ1v) is 11.5. The molecule has 0 bridgehead atoms. The summed E-state index contributed by atoms with van der Waals surface area (Å²) in [5.41, 5.74) is 0.966. The standard InChI is InChI=1S/C18H23FN2O3S2/c1-3-12(2)17(22)20-18-21(9-8-13-4-6-14(19)7-5-13)15-10-26(23,24)11-16(15)25-18/h4-7,12,15-16H,3,8-11H2,1-2H3/t12-,15+,16+/m0/s1. The van der Waals surface area contributed by atoms with Gasteiger partial charge in [0.1, 0.15) is 5.82 Å². The van der Waals surface area contributed by atoms with E-state index < -0.39 is 9.84 Å². The van der Waals surface area contributed by atoms with Gasteiger partial charge in [-0.1, -0.05) is 37.7 Å². The average Bonchev–Trinajstić information content (AvgIpc) is 3.05. The Labute approximate surface area is 158 Å². The Balaban J connectivity index is 1.79. The Kier molecular flexibility index (Phi) is 5.72. The predicted molar refractivity (Wildman–Crippen MR) is 103 cm³/mol. The van der Waals surface area contributed by atoms with Crippen LogP contribution in [0.2, 0.25) is 0 Å². The maximum absolute atomic E-state index is 13.1. The Morgan fingerprint density at radius 2 is 2.04 bits per heavy atom. The fourth-order valence-electron chi connectivity index (χ4n) is 3.18. The van der Waals surface area contributed by atoms with Gasteiger partial charge in [-0.05, 0) is 30.5 Å². The number of benzene rings is 1. The SMILES string of the molecule is CC[C@H](C)C(=O)N=C1S[C@@H]2CS(=O)(=O)C[C@H]2N1CCc1ccc(F)cc1. The third kappa shape index (κ3) is 4.28. The third-order valence-corrected chi connectivity index (χ3v) is 8.22. The molecule has 0 aliphatic carbocycles. The minimum absolute atomic E-state index is 0.0725. The molecule has 2 aliphatic heterocycles. The van der Waals surface area contributed by atoms with Crippen LogP contribution in [0.1, 0.15) is 25.8 Å². The second kappa shape index (κ2) is 7.68. The summed E-state index contributed by atoms with van der Waals surface area (Å²) in [7, 11) is -3.05. The van der Waals surface area contributed by atoms with Crippen molar-refractivity contribution in [1.29, 1.82) is 0 Å². The lowest BCUT2D eigenvalue weighted by Crippen LogP contribution is -2.39. The first-order valence-electron chi connectivity index (χ1n) is 8.79. The van der Waals surface area contributed by atoms with Crippen LogP contribution in [0, 0.1) is 11.7 Å². The van der Waals surface area contributed by atoms with Gasteiger partial charge in [0, 0.05) is 17.7 Å². The van der Waals surface area contributed by atoms with E-state index in [-0.39, 0.29) is 40.4 Å². The molecule has 8 heteroatoms. The third-order valence-electron chi connectivity index (χ3n) is 4.97. The van der Waals surface area contributed by atoms with Crippen LogP contribution >= 0.6 is 11.8 Å². The van der Waals surface area contributed by atoms with E-state index in [1.165, 1.54) is 23.9 Å². The number of hydrogen-bond donors (Lipinski definition) is 0. The van der Waals surface area contributed by atoms with Crippen molar-refractivity contribution in [2.75, 3.05) is 18.1 Å². The fraction of sp³-hybridized carbons (Fsp3) is 0.556. The van der Waals surface area contributed by atoms with Crippen molar-refractivity contribution in [2.45, 2.75) is 38.0 Å². The van der Waals surface area contributed by atoms with Crippen molar-refractivity contribution in [3.8, 4) is 0 Å². The van der Waals surface area contributed by atoms with E-state index in [0.29, 0.717) is 18.1 Å². The Hall–Kier alpha value is -1.41. The van der Waals surface area contributed by atoms with Crippen LogP contribution in [-0.2, 0) is 21.1 Å². The van der Waals surface area contributed by atoms with Gasteiger partial charge in [-0.15, -0.1) is 0 Å². The minimum Gasteiger partial charge on any atom is -0.346 e. The molecule has 2 aliphatic rings. The maximum Gasteiger partial charge on any atom is 0.250 e. The van der Waals surface area contributed by atoms with Crippen LogP contribution in [0.5, 0.6) is 0 Å². The molecule has 0 spiro atoms. The summed E-state index contributed by atoms with van der Waals surface area (Å²) in [5, 5.41) is 0.555. The lowest BCUT2D eigenvalue weighted by Gasteiger charge is -2.24. The van der Waals surface area contributed by atoms with Crippen LogP contribution in [-0.4, -0.2) is 53.7 Å². The summed E-state index contributed by atoms with van der Waals surface area (Å²) in [6, 6.07) is 6.14. The molecule has 3 atom stereocenters. The van der Waals surface area contributed by atoms with E-state index in [9.17, 15) is 17.6 Å². The minimum atomic E-state index is -3.05. The molecule has 0 N–H and O–H groups in total. The molecule has 0 radical (unpaired) electrons. The van der Waals surface area contributed by atoms with Gasteiger partial charge < -0.3 is 4.90 Å². The zero-order valence-electron chi connectivity index (χ0n) is 14.9. The van der Waals surface area contributed by atoms with Crippen molar-refractivity contribution >= 4 is 32.7 Å². The van der Waals surface area contributed by atoms with Crippen LogP contribution in [0.4, 0.5) is 4.39 Å². The molecule has 0 unspecified atom stereocenters. The summed E-state index contributed by atoms with van der Waals surface area (Å²) >= 11 is 1.40. The second-order valence-electron chi connectivity index (χ2n) is 6.91. The van der Waals surface area contributed by atoms with Crippen molar-refractivity contribution in [3.05, 3.63) is 35.6 Å². The van der Waals surface area contributed by atoms with Crippen molar-refractivity contribution in [1.82, 2.24) is 4.90 Å². The van der Waals surface area contributed by atoms with Crippen molar-refractivity contribution in [3.63, 3.8) is 0 Å². The monoisotopic (exact) mass is 398 g/mol. The van der Waals surface area contributed by atoms with E-state index in [2.05, 4.69) is 4.99 Å². The normalized spacial score (nSPS) is 26.9. The van der Waals surface area contributed by atoms with Gasteiger partial charge in [0.2, 0.25) is 0 Å². The Morgan fingerprint density at radius 1 is 1.35 bits per heavy atom. The molecule has 1 amide bonds. The summed E-state index contributed by atoms with van der Waals surface area (Å²) < 4.78 is 37.1. The van der Waals surface area contributed by atoms with E-state index in [1.54, 1.807) is 12.1 Å². The molecule has 1 aromatic carbocycles. The van der Waals surface area contributed by atoms with Gasteiger partial charge in [-0.25, -0.2) is 12.8 Å². The smallest absolute Gasteiger partial charge is 0.250 e. The lowest BCUT2D eigenvalue weighted by atomic mass is 10.1. The summed E-state index contributed by atoms with van der Waals surface area (Å²) in [6.45, 7) is 4.35. The molecule has 142 valence electrons. The van der Waals surface area contributed by atoms with Crippen LogP contribution in [0.3, 0.4) is 0 Å². The number of amidine groups is 1. The van der Waals surface area contributed by atoms with E-state index >= 15 is 0 Å². The van der Waals surface area contributed by atoms with E-state index in [4.69, 9.17) is 0 Å². The van der Waals surface area contributed by atoms with Crippen molar-refractivity contribution < 1.29 is 17.6 Å². The highest BCUT2D eigenvalue weighted by Gasteiger charge is 2.48. The first-order chi connectivity index (χ1) is 12.3. The van der Waals surface area contributed by atoms with E-state index in [1.807, 2.05) is 18.7 Å². The van der Waals surface area contributed by atoms with Crippen LogP contribution in [0.25, 0.3) is 0 Å². The second-order valence-corrected chi connectivity index (χ2v) is 10.3. The van der Waals surface area contributed by atoms with E-state index in [0.717, 1.165) is 12.0 Å². The van der Waals surface area contributed by atoms with Gasteiger partial charge >= 0.3 is 0 Å². The molecule has 2 heterocycles. The number of carbonyl (C=O) groups excluding carboxylic acids is 1.